The fraction of sp³-hybridized carbons (Fsp3) is 0.700. The topological polar surface area (TPSA) is 282 Å². The predicted octanol–water partition coefficient (Wildman–Crippen LogP) is -2.91. The molecule has 1 aromatic heterocycles. The van der Waals surface area contributed by atoms with E-state index < -0.39 is 99.6 Å². The number of carboxylic acids is 1. The minimum atomic E-state index is -4.76. The molecule has 1 unspecified atom stereocenters. The van der Waals surface area contributed by atoms with Gasteiger partial charge in [-0.05, 0) is 13.3 Å². The predicted molar refractivity (Wildman–Crippen MR) is 126 cm³/mol. The van der Waals surface area contributed by atoms with Crippen LogP contribution in [0.1, 0.15) is 31.6 Å². The number of rotatable bonds is 12. The van der Waals surface area contributed by atoms with Crippen molar-refractivity contribution in [2.45, 2.75) is 63.1 Å². The molecule has 3 heterocycles. The average molecular weight is 582 g/mol. The van der Waals surface area contributed by atoms with Gasteiger partial charge in [0.15, 0.2) is 6.29 Å². The van der Waals surface area contributed by atoms with E-state index in [4.69, 9.17) is 24.3 Å². The van der Waals surface area contributed by atoms with Gasteiger partial charge in [0.1, 0.15) is 24.5 Å². The number of primary amides is 1. The monoisotopic (exact) mass is 582 g/mol. The molecule has 0 bridgehead atoms. The normalized spacial score (nSPS) is 30.0. The molecular formula is C20H31N4O14P. The third-order valence-electron chi connectivity index (χ3n) is 6.34. The zero-order chi connectivity index (χ0) is 29.1. The van der Waals surface area contributed by atoms with Crippen LogP contribution in [0.2, 0.25) is 0 Å². The highest BCUT2D eigenvalue weighted by Crippen LogP contribution is 2.47. The third kappa shape index (κ3) is 7.71. The van der Waals surface area contributed by atoms with E-state index >= 15 is 0 Å². The van der Waals surface area contributed by atoms with E-state index in [0.717, 1.165) is 10.8 Å². The van der Waals surface area contributed by atoms with Crippen molar-refractivity contribution in [3.63, 3.8) is 0 Å². The molecule has 2 amide bonds. The number of carbonyl (C=O) groups excluding carboxylic acids is 1. The van der Waals surface area contributed by atoms with E-state index in [1.54, 1.807) is 0 Å². The Morgan fingerprint density at radius 3 is 2.59 bits per heavy atom. The number of aliphatic carboxylic acids is 1. The summed E-state index contributed by atoms with van der Waals surface area (Å²) >= 11 is 0. The summed E-state index contributed by atoms with van der Waals surface area (Å²) in [6.45, 7) is -0.397. The Labute approximate surface area is 219 Å². The van der Waals surface area contributed by atoms with E-state index in [1.807, 2.05) is 4.98 Å². The van der Waals surface area contributed by atoms with Crippen LogP contribution in [0.5, 0.6) is 0 Å². The molecule has 2 aliphatic rings. The lowest BCUT2D eigenvalue weighted by Crippen LogP contribution is -2.45. The molecule has 0 spiro atoms. The number of nitrogens with one attached hydrogen (secondary N) is 2. The SMILES string of the molecule is C[C@](CNC(N)=O)(Cc1cn([C@H]2C[C@H](O)[C@@H](COP(=O)(O)O[C@@H]3C[C@H](O)O[C@@H]3CO)O2)c(=O)[nH]c1=O)C(=O)O. The first-order chi connectivity index (χ1) is 18.1. The zero-order valence-corrected chi connectivity index (χ0v) is 21.6. The Hall–Kier alpha value is -2.67. The highest BCUT2D eigenvalue weighted by atomic mass is 31.2. The molecule has 0 aromatic carbocycles. The summed E-state index contributed by atoms with van der Waals surface area (Å²) in [7, 11) is -4.76. The molecule has 1 aromatic rings. The van der Waals surface area contributed by atoms with Crippen LogP contribution in [-0.2, 0) is 34.3 Å². The molecule has 9 N–H and O–H groups in total. The van der Waals surface area contributed by atoms with Gasteiger partial charge < -0.3 is 45.8 Å². The highest BCUT2D eigenvalue weighted by molar-refractivity contribution is 7.47. The number of aliphatic hydroxyl groups excluding tert-OH is 3. The number of amides is 2. The molecule has 0 saturated carbocycles. The van der Waals surface area contributed by atoms with Gasteiger partial charge in [0.25, 0.3) is 5.56 Å². The quantitative estimate of drug-likeness (QED) is 0.115. The minimum Gasteiger partial charge on any atom is -0.481 e. The van der Waals surface area contributed by atoms with Gasteiger partial charge in [-0.2, -0.15) is 0 Å². The molecule has 19 heteroatoms. The number of phosphoric ester groups is 1. The van der Waals surface area contributed by atoms with Crippen LogP contribution in [-0.4, -0.2) is 97.3 Å². The van der Waals surface area contributed by atoms with Crippen LogP contribution < -0.4 is 22.3 Å². The Morgan fingerprint density at radius 2 is 1.97 bits per heavy atom. The van der Waals surface area contributed by atoms with Crippen molar-refractivity contribution in [1.29, 1.82) is 0 Å². The van der Waals surface area contributed by atoms with Crippen LogP contribution in [0.15, 0.2) is 15.8 Å². The number of hydrogen-bond acceptors (Lipinski definition) is 12. The molecule has 3 rings (SSSR count). The van der Waals surface area contributed by atoms with E-state index in [-0.39, 0.29) is 18.4 Å². The molecule has 39 heavy (non-hydrogen) atoms. The number of urea groups is 1. The summed E-state index contributed by atoms with van der Waals surface area (Å²) in [5.41, 5.74) is 1.39. The summed E-state index contributed by atoms with van der Waals surface area (Å²) in [5, 5.41) is 40.9. The maximum atomic E-state index is 12.5. The average Bonchev–Trinajstić information content (AvgIpc) is 3.38. The Morgan fingerprint density at radius 1 is 1.28 bits per heavy atom. The second kappa shape index (κ2) is 12.2. The van der Waals surface area contributed by atoms with Crippen LogP contribution in [0.3, 0.4) is 0 Å². The molecule has 0 radical (unpaired) electrons. The number of ether oxygens (including phenoxy) is 2. The van der Waals surface area contributed by atoms with Crippen molar-refractivity contribution in [2.24, 2.45) is 11.1 Å². The van der Waals surface area contributed by atoms with E-state index in [1.165, 1.54) is 6.92 Å². The molecule has 18 nitrogen and oxygen atoms in total. The molecular weight excluding hydrogens is 551 g/mol. The van der Waals surface area contributed by atoms with Gasteiger partial charge in [0.05, 0.1) is 24.7 Å². The van der Waals surface area contributed by atoms with Gasteiger partial charge in [-0.3, -0.25) is 28.2 Å². The van der Waals surface area contributed by atoms with Gasteiger partial charge in [0, 0.05) is 31.1 Å². The molecule has 220 valence electrons. The van der Waals surface area contributed by atoms with E-state index in [9.17, 15) is 49.1 Å². The Bertz CT molecular complexity index is 1220. The first-order valence-electron chi connectivity index (χ1n) is 11.7. The standard InChI is InChI=1S/C20H31N4O14P/c1-20(17(29)30,8-22-18(21)31)4-9-5-24(19(32)23-16(9)28)14-2-10(26)13(36-14)7-35-39(33,34)38-11-3-15(27)37-12(11)6-25/h5,10-15,25-27H,2-4,6-8H2,1H3,(H,29,30)(H,33,34)(H3,21,22,31)(H,23,28,32)/t10-,11+,12+,13+,14+,15+,20+/m0/s1. The Kier molecular flexibility index (Phi) is 9.69. The van der Waals surface area contributed by atoms with Gasteiger partial charge in [-0.1, -0.05) is 0 Å². The van der Waals surface area contributed by atoms with Gasteiger partial charge >= 0.3 is 25.5 Å². The highest BCUT2D eigenvalue weighted by Gasteiger charge is 2.42. The van der Waals surface area contributed by atoms with Crippen molar-refractivity contribution < 1.29 is 58.0 Å². The number of H-pyrrole nitrogens is 1. The summed E-state index contributed by atoms with van der Waals surface area (Å²) in [4.78, 5) is 59.8. The summed E-state index contributed by atoms with van der Waals surface area (Å²) < 4.78 is 33.7. The summed E-state index contributed by atoms with van der Waals surface area (Å²) in [5.74, 6) is -1.35. The molecule has 2 fully saturated rings. The van der Waals surface area contributed by atoms with Crippen LogP contribution >= 0.6 is 7.82 Å². The number of nitrogens with zero attached hydrogens (tertiary/aromatic N) is 1. The van der Waals surface area contributed by atoms with Crippen molar-refractivity contribution in [1.82, 2.24) is 14.9 Å². The Balaban J connectivity index is 1.70. The van der Waals surface area contributed by atoms with E-state index in [2.05, 4.69) is 5.32 Å². The lowest BCUT2D eigenvalue weighted by molar-refractivity contribution is -0.147. The molecule has 0 aliphatic carbocycles. The summed E-state index contributed by atoms with van der Waals surface area (Å²) in [6, 6.07) is -0.969. The second-order valence-corrected chi connectivity index (χ2v) is 10.9. The van der Waals surface area contributed by atoms with Crippen molar-refractivity contribution in [3.8, 4) is 0 Å². The largest absolute Gasteiger partial charge is 0.481 e. The first kappa shape index (κ1) is 30.9. The molecule has 8 atom stereocenters. The molecule has 2 saturated heterocycles. The zero-order valence-electron chi connectivity index (χ0n) is 20.7. The van der Waals surface area contributed by atoms with Crippen LogP contribution in [0.4, 0.5) is 4.79 Å². The second-order valence-electron chi connectivity index (χ2n) is 9.47. The van der Waals surface area contributed by atoms with Crippen LogP contribution in [0, 0.1) is 5.41 Å². The maximum Gasteiger partial charge on any atom is 0.472 e. The lowest BCUT2D eigenvalue weighted by atomic mass is 9.84. The number of carboxylic acid groups (broad SMARTS) is 1. The number of carbonyl (C=O) groups is 2. The number of nitrogens with two attached hydrogens (primary N) is 1. The third-order valence-corrected chi connectivity index (χ3v) is 7.35. The minimum absolute atomic E-state index is 0.142. The van der Waals surface area contributed by atoms with Gasteiger partial charge in [-0.25, -0.2) is 14.2 Å². The number of phosphoric acid groups is 1. The smallest absolute Gasteiger partial charge is 0.472 e. The maximum absolute atomic E-state index is 12.5. The van der Waals surface area contributed by atoms with Gasteiger partial charge in [0.2, 0.25) is 0 Å². The van der Waals surface area contributed by atoms with Crippen molar-refractivity contribution >= 4 is 19.8 Å². The fourth-order valence-electron chi connectivity index (χ4n) is 4.16. The first-order valence-corrected chi connectivity index (χ1v) is 13.2. The summed E-state index contributed by atoms with van der Waals surface area (Å²) in [6.07, 6.45) is -6.94. The number of hydrogen-bond donors (Lipinski definition) is 8. The van der Waals surface area contributed by atoms with Crippen LogP contribution in [0.25, 0.3) is 0 Å². The van der Waals surface area contributed by atoms with E-state index in [0.29, 0.717) is 0 Å². The molecule has 2 aliphatic heterocycles. The fourth-order valence-corrected chi connectivity index (χ4v) is 5.12. The van der Waals surface area contributed by atoms with Crippen molar-refractivity contribution in [2.75, 3.05) is 19.8 Å². The van der Waals surface area contributed by atoms with Crippen molar-refractivity contribution in [3.05, 3.63) is 32.6 Å². The van der Waals surface area contributed by atoms with Gasteiger partial charge in [-0.15, -0.1) is 0 Å². The number of aromatic amines is 1. The number of aromatic nitrogens is 2. The number of aliphatic hydroxyl groups is 3. The lowest BCUT2D eigenvalue weighted by Gasteiger charge is -2.25.